The summed E-state index contributed by atoms with van der Waals surface area (Å²) in [5.41, 5.74) is 0.624. The molecule has 0 unspecified atom stereocenters. The van der Waals surface area contributed by atoms with Gasteiger partial charge in [-0.05, 0) is 47.5 Å². The van der Waals surface area contributed by atoms with Gasteiger partial charge in [-0.1, -0.05) is 12.1 Å². The molecule has 2 heterocycles. The molecule has 0 saturated heterocycles. The zero-order valence-corrected chi connectivity index (χ0v) is 15.5. The molecule has 1 aromatic carbocycles. The fourth-order valence-electron chi connectivity index (χ4n) is 2.52. The van der Waals surface area contributed by atoms with Crippen molar-refractivity contribution in [2.24, 2.45) is 0 Å². The number of pyridine rings is 1. The van der Waals surface area contributed by atoms with E-state index in [2.05, 4.69) is 30.7 Å². The number of hydrogen-bond acceptors (Lipinski definition) is 6. The van der Waals surface area contributed by atoms with Crippen LogP contribution in [-0.4, -0.2) is 27.9 Å². The van der Waals surface area contributed by atoms with Gasteiger partial charge in [0.2, 0.25) is 0 Å². The molecule has 0 fully saturated rings. The number of rotatable bonds is 4. The van der Waals surface area contributed by atoms with Crippen molar-refractivity contribution in [1.82, 2.24) is 14.6 Å². The van der Waals surface area contributed by atoms with Gasteiger partial charge in [0.15, 0.2) is 5.65 Å². The first-order chi connectivity index (χ1) is 11.7. The predicted molar refractivity (Wildman–Crippen MR) is 94.1 cm³/mol. The van der Waals surface area contributed by atoms with Crippen LogP contribution in [0.15, 0.2) is 39.8 Å². The van der Waals surface area contributed by atoms with E-state index in [1.165, 1.54) is 23.6 Å². The van der Waals surface area contributed by atoms with Crippen LogP contribution in [0.25, 0.3) is 5.65 Å². The summed E-state index contributed by atoms with van der Waals surface area (Å²) in [7, 11) is -4.10. The van der Waals surface area contributed by atoms with Gasteiger partial charge in [0.25, 0.3) is 21.7 Å². The third-order valence-electron chi connectivity index (χ3n) is 3.58. The van der Waals surface area contributed by atoms with E-state index in [-0.39, 0.29) is 22.1 Å². The molecule has 130 valence electrons. The third kappa shape index (κ3) is 3.07. The van der Waals surface area contributed by atoms with Gasteiger partial charge in [0.1, 0.15) is 9.50 Å². The van der Waals surface area contributed by atoms with Crippen molar-refractivity contribution in [3.63, 3.8) is 0 Å². The zero-order chi connectivity index (χ0) is 18.4. The summed E-state index contributed by atoms with van der Waals surface area (Å²) < 4.78 is 29.8. The standard InChI is InChI=1S/C14H12BrN5O4S/c1-8-6-7-10(20(21)22)9(2)13(8)25(23,24)18-14-16-12-5-3-4-11(15)19(12)17-14/h3-7H,1-2H3,(H,17,18). The maximum Gasteiger partial charge on any atom is 0.273 e. The summed E-state index contributed by atoms with van der Waals surface area (Å²) in [5, 5.41) is 15.2. The van der Waals surface area contributed by atoms with E-state index in [0.29, 0.717) is 15.8 Å². The number of nitrogens with zero attached hydrogens (tertiary/aromatic N) is 4. The largest absolute Gasteiger partial charge is 0.273 e. The molecule has 0 atom stereocenters. The Kier molecular flexibility index (Phi) is 4.21. The van der Waals surface area contributed by atoms with E-state index >= 15 is 0 Å². The average molecular weight is 426 g/mol. The van der Waals surface area contributed by atoms with Crippen LogP contribution in [0, 0.1) is 24.0 Å². The Balaban J connectivity index is 2.09. The second-order valence-electron chi connectivity index (χ2n) is 5.27. The van der Waals surface area contributed by atoms with Crippen LogP contribution in [0.1, 0.15) is 11.1 Å². The number of anilines is 1. The van der Waals surface area contributed by atoms with Crippen LogP contribution in [0.2, 0.25) is 0 Å². The summed E-state index contributed by atoms with van der Waals surface area (Å²) >= 11 is 3.29. The SMILES string of the molecule is Cc1ccc([N+](=O)[O-])c(C)c1S(=O)(=O)Nc1nc2cccc(Br)n2n1. The van der Waals surface area contributed by atoms with Crippen LogP contribution in [0.3, 0.4) is 0 Å². The van der Waals surface area contributed by atoms with Gasteiger partial charge >= 0.3 is 0 Å². The van der Waals surface area contributed by atoms with E-state index < -0.39 is 14.9 Å². The summed E-state index contributed by atoms with van der Waals surface area (Å²) in [4.78, 5) is 14.4. The predicted octanol–water partition coefficient (Wildman–Crippen LogP) is 2.82. The Morgan fingerprint density at radius 1 is 1.24 bits per heavy atom. The Labute approximate surface area is 151 Å². The van der Waals surface area contributed by atoms with Crippen LogP contribution >= 0.6 is 15.9 Å². The molecule has 3 aromatic rings. The third-order valence-corrected chi connectivity index (χ3v) is 5.80. The highest BCUT2D eigenvalue weighted by Gasteiger charge is 2.26. The minimum Gasteiger partial charge on any atom is -0.258 e. The van der Waals surface area contributed by atoms with Crippen LogP contribution in [0.4, 0.5) is 11.6 Å². The molecule has 0 radical (unpaired) electrons. The number of nitro benzene ring substituents is 1. The van der Waals surface area contributed by atoms with Crippen LogP contribution in [-0.2, 0) is 10.0 Å². The first-order valence-corrected chi connectivity index (χ1v) is 9.27. The Hall–Kier alpha value is -2.53. The lowest BCUT2D eigenvalue weighted by Gasteiger charge is -2.11. The van der Waals surface area contributed by atoms with Gasteiger partial charge in [-0.15, -0.1) is 5.10 Å². The first-order valence-electron chi connectivity index (χ1n) is 6.99. The molecule has 25 heavy (non-hydrogen) atoms. The second-order valence-corrected chi connectivity index (χ2v) is 7.70. The Morgan fingerprint density at radius 2 is 1.96 bits per heavy atom. The van der Waals surface area contributed by atoms with E-state index in [1.54, 1.807) is 25.1 Å². The average Bonchev–Trinajstić information content (AvgIpc) is 2.89. The fourth-order valence-corrected chi connectivity index (χ4v) is 4.36. The summed E-state index contributed by atoms with van der Waals surface area (Å²) in [5.74, 6) is -0.128. The number of benzene rings is 1. The van der Waals surface area contributed by atoms with E-state index in [0.717, 1.165) is 0 Å². The molecular weight excluding hydrogens is 414 g/mol. The van der Waals surface area contributed by atoms with Crippen molar-refractivity contribution >= 4 is 43.2 Å². The second kappa shape index (κ2) is 6.08. The molecule has 11 heteroatoms. The molecule has 0 bridgehead atoms. The Bertz CT molecular complexity index is 1110. The van der Waals surface area contributed by atoms with E-state index in [4.69, 9.17) is 0 Å². The maximum absolute atomic E-state index is 12.7. The molecule has 0 aliphatic rings. The summed E-state index contributed by atoms with van der Waals surface area (Å²) in [6.07, 6.45) is 0. The molecular formula is C14H12BrN5O4S. The molecule has 9 nitrogen and oxygen atoms in total. The van der Waals surface area contributed by atoms with E-state index in [9.17, 15) is 18.5 Å². The van der Waals surface area contributed by atoms with Crippen LogP contribution < -0.4 is 4.72 Å². The minimum absolute atomic E-state index is 0.0578. The zero-order valence-electron chi connectivity index (χ0n) is 13.1. The highest BCUT2D eigenvalue weighted by Crippen LogP contribution is 2.29. The van der Waals surface area contributed by atoms with Crippen molar-refractivity contribution in [1.29, 1.82) is 0 Å². The van der Waals surface area contributed by atoms with E-state index in [1.807, 2.05) is 0 Å². The highest BCUT2D eigenvalue weighted by atomic mass is 79.9. The summed E-state index contributed by atoms with van der Waals surface area (Å²) in [6, 6.07) is 7.81. The number of nitro groups is 1. The number of hydrogen-bond donors (Lipinski definition) is 1. The van der Waals surface area contributed by atoms with Crippen molar-refractivity contribution in [3.8, 4) is 0 Å². The van der Waals surface area contributed by atoms with Gasteiger partial charge in [0, 0.05) is 11.6 Å². The molecule has 0 amide bonds. The number of sulfonamides is 1. The summed E-state index contributed by atoms with van der Waals surface area (Å²) in [6.45, 7) is 2.96. The number of aromatic nitrogens is 3. The topological polar surface area (TPSA) is 120 Å². The molecule has 2 aromatic heterocycles. The minimum atomic E-state index is -4.10. The number of halogens is 1. The lowest BCUT2D eigenvalue weighted by atomic mass is 10.1. The van der Waals surface area contributed by atoms with Crippen LogP contribution in [0.5, 0.6) is 0 Å². The van der Waals surface area contributed by atoms with Crippen molar-refractivity contribution in [2.45, 2.75) is 18.7 Å². The highest BCUT2D eigenvalue weighted by molar-refractivity contribution is 9.10. The molecule has 0 spiro atoms. The van der Waals surface area contributed by atoms with Gasteiger partial charge in [-0.3, -0.25) is 10.1 Å². The normalized spacial score (nSPS) is 11.6. The number of nitrogens with one attached hydrogen (secondary N) is 1. The fraction of sp³-hybridized carbons (Fsp3) is 0.143. The number of fused-ring (bicyclic) bond motifs is 1. The molecule has 0 aliphatic carbocycles. The van der Waals surface area contributed by atoms with Gasteiger partial charge < -0.3 is 0 Å². The van der Waals surface area contributed by atoms with Gasteiger partial charge in [-0.2, -0.15) is 4.98 Å². The molecule has 3 rings (SSSR count). The number of aryl methyl sites for hydroxylation is 1. The smallest absolute Gasteiger partial charge is 0.258 e. The molecule has 0 saturated carbocycles. The molecule has 0 aliphatic heterocycles. The quantitative estimate of drug-likeness (QED) is 0.389. The maximum atomic E-state index is 12.7. The lowest BCUT2D eigenvalue weighted by Crippen LogP contribution is -2.17. The van der Waals surface area contributed by atoms with Gasteiger partial charge in [-0.25, -0.2) is 17.7 Å². The van der Waals surface area contributed by atoms with Crippen molar-refractivity contribution in [3.05, 3.63) is 56.2 Å². The van der Waals surface area contributed by atoms with Gasteiger partial charge in [0.05, 0.1) is 4.92 Å². The first kappa shape index (κ1) is 17.3. The van der Waals surface area contributed by atoms with Crippen molar-refractivity contribution < 1.29 is 13.3 Å². The Morgan fingerprint density at radius 3 is 2.60 bits per heavy atom. The molecule has 1 N–H and O–H groups in total. The lowest BCUT2D eigenvalue weighted by molar-refractivity contribution is -0.385. The monoisotopic (exact) mass is 425 g/mol. The van der Waals surface area contributed by atoms with Crippen molar-refractivity contribution in [2.75, 3.05) is 4.72 Å².